The van der Waals surface area contributed by atoms with E-state index in [0.717, 1.165) is 0 Å². The molecule has 0 atom stereocenters. The summed E-state index contributed by atoms with van der Waals surface area (Å²) < 4.78 is 10.6. The highest BCUT2D eigenvalue weighted by molar-refractivity contribution is 6.58. The lowest BCUT2D eigenvalue weighted by atomic mass is 9.80. The molecule has 0 radical (unpaired) electrons. The molecule has 4 nitrogen and oxygen atoms in total. The minimum Gasteiger partial charge on any atom is -0.493 e. The van der Waals surface area contributed by atoms with Gasteiger partial charge in [-0.15, -0.1) is 0 Å². The quantitative estimate of drug-likeness (QED) is 0.695. The van der Waals surface area contributed by atoms with Gasteiger partial charge < -0.3 is 19.5 Å². The predicted molar refractivity (Wildman–Crippen MR) is 58.6 cm³/mol. The van der Waals surface area contributed by atoms with E-state index in [2.05, 4.69) is 0 Å². The minimum absolute atomic E-state index is 0.0452. The molecule has 0 bridgehead atoms. The summed E-state index contributed by atoms with van der Waals surface area (Å²) in [6, 6.07) is 4.79. The Hall–Kier alpha value is -1.20. The molecular formula is C10H15BO4. The maximum Gasteiger partial charge on any atom is 0.488 e. The third kappa shape index (κ3) is 3.14. The number of methoxy groups -OCH3 is 1. The van der Waals surface area contributed by atoms with Gasteiger partial charge in [0.2, 0.25) is 0 Å². The third-order valence-corrected chi connectivity index (χ3v) is 1.85. The molecule has 2 N–H and O–H groups in total. The minimum atomic E-state index is -1.49. The van der Waals surface area contributed by atoms with E-state index in [1.807, 2.05) is 13.8 Å². The van der Waals surface area contributed by atoms with E-state index in [4.69, 9.17) is 19.5 Å². The van der Waals surface area contributed by atoms with Crippen LogP contribution in [-0.4, -0.2) is 30.4 Å². The van der Waals surface area contributed by atoms with Crippen LogP contribution in [0.1, 0.15) is 13.8 Å². The van der Waals surface area contributed by atoms with Gasteiger partial charge in [-0.05, 0) is 31.4 Å². The predicted octanol–water partition coefficient (Wildman–Crippen LogP) is 0.162. The zero-order chi connectivity index (χ0) is 11.4. The molecule has 0 aromatic heterocycles. The fourth-order valence-electron chi connectivity index (χ4n) is 1.20. The summed E-state index contributed by atoms with van der Waals surface area (Å²) in [7, 11) is 0.0165. The van der Waals surface area contributed by atoms with Crippen molar-refractivity contribution in [2.45, 2.75) is 20.0 Å². The second-order valence-electron chi connectivity index (χ2n) is 3.45. The molecule has 0 unspecified atom stereocenters. The van der Waals surface area contributed by atoms with E-state index in [9.17, 15) is 0 Å². The van der Waals surface area contributed by atoms with Crippen molar-refractivity contribution < 1.29 is 19.5 Å². The van der Waals surface area contributed by atoms with Crippen molar-refractivity contribution in [2.24, 2.45) is 0 Å². The second-order valence-corrected chi connectivity index (χ2v) is 3.45. The van der Waals surface area contributed by atoms with Crippen molar-refractivity contribution in [3.8, 4) is 11.5 Å². The molecule has 0 saturated heterocycles. The van der Waals surface area contributed by atoms with Crippen LogP contribution in [0.5, 0.6) is 11.5 Å². The van der Waals surface area contributed by atoms with E-state index >= 15 is 0 Å². The number of ether oxygens (including phenoxy) is 2. The smallest absolute Gasteiger partial charge is 0.488 e. The average molecular weight is 210 g/mol. The van der Waals surface area contributed by atoms with Gasteiger partial charge in [0.25, 0.3) is 0 Å². The van der Waals surface area contributed by atoms with Crippen molar-refractivity contribution >= 4 is 12.6 Å². The third-order valence-electron chi connectivity index (χ3n) is 1.85. The highest BCUT2D eigenvalue weighted by atomic mass is 16.5. The fourth-order valence-corrected chi connectivity index (χ4v) is 1.20. The Kier molecular flexibility index (Phi) is 4.00. The van der Waals surface area contributed by atoms with Gasteiger partial charge in [0.05, 0.1) is 13.2 Å². The Bertz CT molecular complexity index is 325. The topological polar surface area (TPSA) is 58.9 Å². The molecule has 0 aliphatic heterocycles. The Morgan fingerprint density at radius 3 is 2.33 bits per heavy atom. The standard InChI is InChI=1S/C10H15BO4/c1-7(2)15-9-5-4-8(11(12)13)6-10(9)14-3/h4-7,12-13H,1-3H3. The summed E-state index contributed by atoms with van der Waals surface area (Å²) in [4.78, 5) is 0. The van der Waals surface area contributed by atoms with Gasteiger partial charge in [-0.3, -0.25) is 0 Å². The molecule has 0 heterocycles. The van der Waals surface area contributed by atoms with Crippen LogP contribution in [0.4, 0.5) is 0 Å². The molecule has 82 valence electrons. The van der Waals surface area contributed by atoms with Crippen molar-refractivity contribution in [3.05, 3.63) is 18.2 Å². The van der Waals surface area contributed by atoms with Crippen LogP contribution in [0.25, 0.3) is 0 Å². The first-order valence-corrected chi connectivity index (χ1v) is 4.75. The molecule has 1 aromatic rings. The van der Waals surface area contributed by atoms with E-state index in [0.29, 0.717) is 17.0 Å². The van der Waals surface area contributed by atoms with Crippen LogP contribution in [0, 0.1) is 0 Å². The average Bonchev–Trinajstić information content (AvgIpc) is 2.17. The molecular weight excluding hydrogens is 195 g/mol. The molecule has 0 spiro atoms. The normalized spacial score (nSPS) is 10.3. The monoisotopic (exact) mass is 210 g/mol. The number of rotatable bonds is 4. The van der Waals surface area contributed by atoms with Gasteiger partial charge in [0, 0.05) is 0 Å². The van der Waals surface area contributed by atoms with Crippen LogP contribution in [0.15, 0.2) is 18.2 Å². The largest absolute Gasteiger partial charge is 0.493 e. The van der Waals surface area contributed by atoms with Crippen LogP contribution in [0.3, 0.4) is 0 Å². The summed E-state index contributed by atoms with van der Waals surface area (Å²) in [6.07, 6.45) is 0.0452. The Balaban J connectivity index is 2.98. The number of benzene rings is 1. The van der Waals surface area contributed by atoms with Crippen LogP contribution in [0.2, 0.25) is 0 Å². The molecule has 0 aliphatic rings. The Labute approximate surface area is 89.6 Å². The highest BCUT2D eigenvalue weighted by Gasteiger charge is 2.14. The summed E-state index contributed by atoms with van der Waals surface area (Å²) in [5.74, 6) is 1.09. The molecule has 1 aromatic carbocycles. The second kappa shape index (κ2) is 5.05. The molecule has 0 saturated carbocycles. The fraction of sp³-hybridized carbons (Fsp3) is 0.400. The zero-order valence-corrected chi connectivity index (χ0v) is 9.10. The van der Waals surface area contributed by atoms with Gasteiger partial charge >= 0.3 is 7.12 Å². The summed E-state index contributed by atoms with van der Waals surface area (Å²) in [5, 5.41) is 18.0. The molecule has 0 fully saturated rings. The SMILES string of the molecule is COc1cc(B(O)O)ccc1OC(C)C. The zero-order valence-electron chi connectivity index (χ0n) is 9.10. The van der Waals surface area contributed by atoms with Gasteiger partial charge in [0.15, 0.2) is 11.5 Å². The van der Waals surface area contributed by atoms with Crippen molar-refractivity contribution in [1.82, 2.24) is 0 Å². The van der Waals surface area contributed by atoms with Gasteiger partial charge in [-0.1, -0.05) is 6.07 Å². The van der Waals surface area contributed by atoms with Crippen molar-refractivity contribution in [2.75, 3.05) is 7.11 Å². The van der Waals surface area contributed by atoms with E-state index in [1.165, 1.54) is 7.11 Å². The molecule has 15 heavy (non-hydrogen) atoms. The van der Waals surface area contributed by atoms with Crippen LogP contribution in [-0.2, 0) is 0 Å². The van der Waals surface area contributed by atoms with E-state index in [1.54, 1.807) is 18.2 Å². The van der Waals surface area contributed by atoms with Crippen LogP contribution < -0.4 is 14.9 Å². The first-order chi connectivity index (χ1) is 7.04. The maximum atomic E-state index is 8.98. The molecule has 0 amide bonds. The van der Waals surface area contributed by atoms with Crippen LogP contribution >= 0.6 is 0 Å². The Morgan fingerprint density at radius 2 is 1.87 bits per heavy atom. The lowest BCUT2D eigenvalue weighted by molar-refractivity contribution is 0.230. The lowest BCUT2D eigenvalue weighted by Crippen LogP contribution is -2.29. The molecule has 5 heteroatoms. The first-order valence-electron chi connectivity index (χ1n) is 4.75. The summed E-state index contributed by atoms with van der Waals surface area (Å²) in [6.45, 7) is 3.82. The summed E-state index contributed by atoms with van der Waals surface area (Å²) >= 11 is 0. The highest BCUT2D eigenvalue weighted by Crippen LogP contribution is 2.26. The van der Waals surface area contributed by atoms with Crippen molar-refractivity contribution in [3.63, 3.8) is 0 Å². The lowest BCUT2D eigenvalue weighted by Gasteiger charge is -2.14. The molecule has 1 rings (SSSR count). The van der Waals surface area contributed by atoms with Gasteiger partial charge in [-0.25, -0.2) is 0 Å². The van der Waals surface area contributed by atoms with Gasteiger partial charge in [0.1, 0.15) is 0 Å². The van der Waals surface area contributed by atoms with E-state index in [-0.39, 0.29) is 6.10 Å². The van der Waals surface area contributed by atoms with Crippen molar-refractivity contribution in [1.29, 1.82) is 0 Å². The first kappa shape index (κ1) is 11.9. The Morgan fingerprint density at radius 1 is 1.20 bits per heavy atom. The van der Waals surface area contributed by atoms with Gasteiger partial charge in [-0.2, -0.15) is 0 Å². The van der Waals surface area contributed by atoms with E-state index < -0.39 is 7.12 Å². The molecule has 0 aliphatic carbocycles. The summed E-state index contributed by atoms with van der Waals surface area (Å²) in [5.41, 5.74) is 0.378. The number of hydrogen-bond acceptors (Lipinski definition) is 4. The number of hydrogen-bond donors (Lipinski definition) is 2. The maximum absolute atomic E-state index is 8.98.